The number of aryl methyl sites for hydroxylation is 1. The first kappa shape index (κ1) is 14.7. The monoisotopic (exact) mass is 275 g/mol. The molecule has 1 aliphatic heterocycles. The molecule has 4 heteroatoms. The summed E-state index contributed by atoms with van der Waals surface area (Å²) in [5, 5.41) is 0. The van der Waals surface area contributed by atoms with Crippen molar-refractivity contribution in [1.82, 2.24) is 4.90 Å². The quantitative estimate of drug-likeness (QED) is 0.859. The van der Waals surface area contributed by atoms with Gasteiger partial charge in [0.2, 0.25) is 0 Å². The lowest BCUT2D eigenvalue weighted by Crippen LogP contribution is -2.31. The van der Waals surface area contributed by atoms with Gasteiger partial charge in [-0.15, -0.1) is 0 Å². The lowest BCUT2D eigenvalue weighted by molar-refractivity contribution is 0.0774. The molecule has 0 aromatic heterocycles. The van der Waals surface area contributed by atoms with Crippen LogP contribution in [0.1, 0.15) is 42.6 Å². The standard InChI is InChI=1S/C16H25N3O/c1-4-18(5-2)16(20)13-11-15(12(3)10-14(13)17)19-8-6-7-9-19/h10-11H,4-9,17H2,1-3H3. The fourth-order valence-electron chi connectivity index (χ4n) is 2.88. The van der Waals surface area contributed by atoms with E-state index in [0.29, 0.717) is 24.3 Å². The summed E-state index contributed by atoms with van der Waals surface area (Å²) in [6.45, 7) is 9.62. The first-order chi connectivity index (χ1) is 9.58. The first-order valence-electron chi connectivity index (χ1n) is 7.52. The van der Waals surface area contributed by atoms with Gasteiger partial charge in [0.1, 0.15) is 0 Å². The van der Waals surface area contributed by atoms with Gasteiger partial charge in [-0.1, -0.05) is 0 Å². The van der Waals surface area contributed by atoms with Crippen LogP contribution in [-0.2, 0) is 0 Å². The summed E-state index contributed by atoms with van der Waals surface area (Å²) in [5.41, 5.74) is 9.61. The van der Waals surface area contributed by atoms with E-state index in [-0.39, 0.29) is 5.91 Å². The molecule has 4 nitrogen and oxygen atoms in total. The highest BCUT2D eigenvalue weighted by molar-refractivity contribution is 6.00. The van der Waals surface area contributed by atoms with Gasteiger partial charge in [-0.05, 0) is 51.3 Å². The number of nitrogens with two attached hydrogens (primary N) is 1. The molecule has 1 aromatic rings. The Morgan fingerprint density at radius 2 is 1.85 bits per heavy atom. The molecule has 0 saturated carbocycles. The minimum atomic E-state index is 0.0351. The van der Waals surface area contributed by atoms with Crippen LogP contribution in [0.3, 0.4) is 0 Å². The van der Waals surface area contributed by atoms with Crippen molar-refractivity contribution < 1.29 is 4.79 Å². The number of hydrogen-bond acceptors (Lipinski definition) is 3. The van der Waals surface area contributed by atoms with Crippen molar-refractivity contribution in [1.29, 1.82) is 0 Å². The van der Waals surface area contributed by atoms with Crippen LogP contribution in [-0.4, -0.2) is 37.0 Å². The molecule has 1 amide bonds. The SMILES string of the molecule is CCN(CC)C(=O)c1cc(N2CCCC2)c(C)cc1N. The van der Waals surface area contributed by atoms with Gasteiger partial charge in [0, 0.05) is 37.6 Å². The third kappa shape index (κ3) is 2.74. The van der Waals surface area contributed by atoms with E-state index in [1.165, 1.54) is 12.8 Å². The van der Waals surface area contributed by atoms with E-state index in [2.05, 4.69) is 11.8 Å². The number of anilines is 2. The highest BCUT2D eigenvalue weighted by Crippen LogP contribution is 2.29. The Balaban J connectivity index is 2.37. The average molecular weight is 275 g/mol. The maximum Gasteiger partial charge on any atom is 0.256 e. The maximum absolute atomic E-state index is 12.5. The van der Waals surface area contributed by atoms with Gasteiger partial charge in [0.05, 0.1) is 5.56 Å². The zero-order chi connectivity index (χ0) is 14.7. The molecule has 1 heterocycles. The molecule has 2 rings (SSSR count). The summed E-state index contributed by atoms with van der Waals surface area (Å²) in [6.07, 6.45) is 2.45. The summed E-state index contributed by atoms with van der Waals surface area (Å²) in [7, 11) is 0. The summed E-state index contributed by atoms with van der Waals surface area (Å²) in [5.74, 6) is 0.0351. The fraction of sp³-hybridized carbons (Fsp3) is 0.562. The molecule has 0 radical (unpaired) electrons. The van der Waals surface area contributed by atoms with E-state index in [1.807, 2.05) is 30.9 Å². The van der Waals surface area contributed by atoms with E-state index in [1.54, 1.807) is 0 Å². The van der Waals surface area contributed by atoms with Crippen molar-refractivity contribution >= 4 is 17.3 Å². The molecular formula is C16H25N3O. The lowest BCUT2D eigenvalue weighted by atomic mass is 10.1. The smallest absolute Gasteiger partial charge is 0.256 e. The topological polar surface area (TPSA) is 49.6 Å². The van der Waals surface area contributed by atoms with Crippen LogP contribution in [0.25, 0.3) is 0 Å². The van der Waals surface area contributed by atoms with Crippen molar-refractivity contribution in [2.75, 3.05) is 36.8 Å². The molecule has 20 heavy (non-hydrogen) atoms. The number of benzene rings is 1. The zero-order valence-corrected chi connectivity index (χ0v) is 12.8. The van der Waals surface area contributed by atoms with Gasteiger partial charge in [0.15, 0.2) is 0 Å². The number of rotatable bonds is 4. The minimum Gasteiger partial charge on any atom is -0.398 e. The van der Waals surface area contributed by atoms with E-state index >= 15 is 0 Å². The second kappa shape index (κ2) is 6.16. The Bertz CT molecular complexity index is 489. The highest BCUT2D eigenvalue weighted by Gasteiger charge is 2.20. The molecule has 1 aliphatic rings. The van der Waals surface area contributed by atoms with Gasteiger partial charge >= 0.3 is 0 Å². The van der Waals surface area contributed by atoms with Crippen LogP contribution in [0.4, 0.5) is 11.4 Å². The van der Waals surface area contributed by atoms with Gasteiger partial charge in [0.25, 0.3) is 5.91 Å². The first-order valence-corrected chi connectivity index (χ1v) is 7.52. The number of amides is 1. The van der Waals surface area contributed by atoms with Crippen molar-refractivity contribution in [2.45, 2.75) is 33.6 Å². The Morgan fingerprint density at radius 1 is 1.25 bits per heavy atom. The number of hydrogen-bond donors (Lipinski definition) is 1. The van der Waals surface area contributed by atoms with Crippen molar-refractivity contribution in [2.24, 2.45) is 0 Å². The molecular weight excluding hydrogens is 250 g/mol. The number of nitrogen functional groups attached to an aromatic ring is 1. The molecule has 0 atom stereocenters. The van der Waals surface area contributed by atoms with E-state index < -0.39 is 0 Å². The second-order valence-corrected chi connectivity index (χ2v) is 5.40. The Labute approximate surface area is 121 Å². The molecule has 1 saturated heterocycles. The Hall–Kier alpha value is -1.71. The van der Waals surface area contributed by atoms with Crippen molar-refractivity contribution in [3.63, 3.8) is 0 Å². The number of nitrogens with zero attached hydrogens (tertiary/aromatic N) is 2. The summed E-state index contributed by atoms with van der Waals surface area (Å²) < 4.78 is 0. The third-order valence-electron chi connectivity index (χ3n) is 4.10. The van der Waals surface area contributed by atoms with Crippen LogP contribution < -0.4 is 10.6 Å². The van der Waals surface area contributed by atoms with Crippen LogP contribution in [0.5, 0.6) is 0 Å². The Kier molecular flexibility index (Phi) is 4.53. The fourth-order valence-corrected chi connectivity index (χ4v) is 2.88. The summed E-state index contributed by atoms with van der Waals surface area (Å²) >= 11 is 0. The largest absolute Gasteiger partial charge is 0.398 e. The maximum atomic E-state index is 12.5. The third-order valence-corrected chi connectivity index (χ3v) is 4.10. The second-order valence-electron chi connectivity index (χ2n) is 5.40. The number of carbonyl (C=O) groups excluding carboxylic acids is 1. The van der Waals surface area contributed by atoms with E-state index in [4.69, 9.17) is 5.73 Å². The molecule has 0 bridgehead atoms. The van der Waals surface area contributed by atoms with E-state index in [0.717, 1.165) is 24.3 Å². The van der Waals surface area contributed by atoms with E-state index in [9.17, 15) is 4.79 Å². The van der Waals surface area contributed by atoms with Crippen LogP contribution in [0.15, 0.2) is 12.1 Å². The van der Waals surface area contributed by atoms with Crippen LogP contribution in [0, 0.1) is 6.92 Å². The van der Waals surface area contributed by atoms with Crippen molar-refractivity contribution in [3.05, 3.63) is 23.3 Å². The highest BCUT2D eigenvalue weighted by atomic mass is 16.2. The minimum absolute atomic E-state index is 0.0351. The van der Waals surface area contributed by atoms with Gasteiger partial charge in [-0.25, -0.2) is 0 Å². The molecule has 110 valence electrons. The van der Waals surface area contributed by atoms with Gasteiger partial charge in [-0.3, -0.25) is 4.79 Å². The molecule has 0 aliphatic carbocycles. The molecule has 0 spiro atoms. The Morgan fingerprint density at radius 3 is 2.40 bits per heavy atom. The van der Waals surface area contributed by atoms with Gasteiger partial charge < -0.3 is 15.5 Å². The predicted molar refractivity (Wildman–Crippen MR) is 84.3 cm³/mol. The molecule has 2 N–H and O–H groups in total. The zero-order valence-electron chi connectivity index (χ0n) is 12.8. The summed E-state index contributed by atoms with van der Waals surface area (Å²) in [6, 6.07) is 3.92. The summed E-state index contributed by atoms with van der Waals surface area (Å²) in [4.78, 5) is 16.7. The van der Waals surface area contributed by atoms with Crippen LogP contribution >= 0.6 is 0 Å². The normalized spacial score (nSPS) is 14.7. The molecule has 0 unspecified atom stereocenters. The van der Waals surface area contributed by atoms with Gasteiger partial charge in [-0.2, -0.15) is 0 Å². The van der Waals surface area contributed by atoms with Crippen molar-refractivity contribution in [3.8, 4) is 0 Å². The average Bonchev–Trinajstić information content (AvgIpc) is 2.94. The number of carbonyl (C=O) groups is 1. The molecule has 1 fully saturated rings. The lowest BCUT2D eigenvalue weighted by Gasteiger charge is -2.24. The van der Waals surface area contributed by atoms with Crippen LogP contribution in [0.2, 0.25) is 0 Å². The predicted octanol–water partition coefficient (Wildman–Crippen LogP) is 2.66. The molecule has 1 aromatic carbocycles.